The van der Waals surface area contributed by atoms with Crippen LogP contribution in [0, 0.1) is 0 Å². The van der Waals surface area contributed by atoms with Crippen LogP contribution in [0.15, 0.2) is 12.1 Å². The molecule has 0 heterocycles. The zero-order valence-corrected chi connectivity index (χ0v) is 8.47. The maximum Gasteiger partial charge on any atom is 0.307 e. The molecule has 1 aromatic rings. The second kappa shape index (κ2) is 4.44. The predicted molar refractivity (Wildman–Crippen MR) is 53.2 cm³/mol. The van der Waals surface area contributed by atoms with E-state index in [1.165, 1.54) is 12.1 Å². The molecule has 74 valence electrons. The molecule has 0 radical (unpaired) electrons. The van der Waals surface area contributed by atoms with E-state index in [-0.39, 0.29) is 17.0 Å². The minimum atomic E-state index is -1.04. The molecule has 0 aliphatic carbocycles. The topological polar surface area (TPSA) is 54.4 Å². The van der Waals surface area contributed by atoms with Crippen LogP contribution in [0.5, 0.6) is 0 Å². The largest absolute Gasteiger partial charge is 0.481 e. The van der Waals surface area contributed by atoms with Gasteiger partial charge in [0.25, 0.3) is 0 Å². The van der Waals surface area contributed by atoms with E-state index in [2.05, 4.69) is 0 Å². The number of hydrogen-bond donors (Lipinski definition) is 1. The first-order valence-corrected chi connectivity index (χ1v) is 4.45. The van der Waals surface area contributed by atoms with Crippen LogP contribution in [0.4, 0.5) is 0 Å². The monoisotopic (exact) mass is 232 g/mol. The number of hydrogen-bond acceptors (Lipinski definition) is 2. The van der Waals surface area contributed by atoms with Crippen molar-refractivity contribution in [3.63, 3.8) is 0 Å². The van der Waals surface area contributed by atoms with E-state index in [0.29, 0.717) is 16.9 Å². The molecule has 0 saturated heterocycles. The zero-order chi connectivity index (χ0) is 10.7. The van der Waals surface area contributed by atoms with Crippen molar-refractivity contribution >= 4 is 35.5 Å². The molecular formula is C9H6Cl2O3. The third kappa shape index (κ3) is 2.47. The van der Waals surface area contributed by atoms with E-state index in [1.807, 2.05) is 0 Å². The Balaban J connectivity index is 3.24. The Hall–Kier alpha value is -1.06. The molecule has 1 rings (SSSR count). The van der Waals surface area contributed by atoms with Crippen molar-refractivity contribution in [3.05, 3.63) is 33.3 Å². The zero-order valence-electron chi connectivity index (χ0n) is 6.96. The lowest BCUT2D eigenvalue weighted by Gasteiger charge is -2.05. The van der Waals surface area contributed by atoms with Crippen molar-refractivity contribution in [1.82, 2.24) is 0 Å². The van der Waals surface area contributed by atoms with Crippen LogP contribution in [0.3, 0.4) is 0 Å². The molecule has 3 nitrogen and oxygen atoms in total. The summed E-state index contributed by atoms with van der Waals surface area (Å²) in [6.45, 7) is 0. The van der Waals surface area contributed by atoms with Gasteiger partial charge in [-0.15, -0.1) is 0 Å². The maximum absolute atomic E-state index is 10.6. The first-order chi connectivity index (χ1) is 6.54. The van der Waals surface area contributed by atoms with Crippen molar-refractivity contribution in [1.29, 1.82) is 0 Å². The summed E-state index contributed by atoms with van der Waals surface area (Å²) in [6, 6.07) is 2.80. The van der Waals surface area contributed by atoms with Crippen LogP contribution in [0.2, 0.25) is 10.0 Å². The number of carbonyl (C=O) groups is 2. The highest BCUT2D eigenvalue weighted by Crippen LogP contribution is 2.24. The lowest BCUT2D eigenvalue weighted by Crippen LogP contribution is -2.04. The molecule has 1 N–H and O–H groups in total. The second-order valence-corrected chi connectivity index (χ2v) is 3.49. The van der Waals surface area contributed by atoms with Gasteiger partial charge in [0, 0.05) is 15.6 Å². The molecule has 14 heavy (non-hydrogen) atoms. The van der Waals surface area contributed by atoms with E-state index in [1.54, 1.807) is 0 Å². The van der Waals surface area contributed by atoms with Crippen LogP contribution in [-0.2, 0) is 11.2 Å². The number of carbonyl (C=O) groups excluding carboxylic acids is 1. The summed E-state index contributed by atoms with van der Waals surface area (Å²) < 4.78 is 0. The highest BCUT2D eigenvalue weighted by molar-refractivity contribution is 6.35. The molecule has 0 aliphatic heterocycles. The third-order valence-corrected chi connectivity index (χ3v) is 2.21. The Morgan fingerprint density at radius 2 is 2.07 bits per heavy atom. The SMILES string of the molecule is O=Cc1cc(Cl)cc(Cl)c1CC(=O)O. The van der Waals surface area contributed by atoms with Gasteiger partial charge in [-0.3, -0.25) is 9.59 Å². The van der Waals surface area contributed by atoms with Gasteiger partial charge in [0.2, 0.25) is 0 Å². The van der Waals surface area contributed by atoms with Crippen LogP contribution >= 0.6 is 23.2 Å². The third-order valence-electron chi connectivity index (χ3n) is 1.65. The van der Waals surface area contributed by atoms with Crippen LogP contribution in [-0.4, -0.2) is 17.4 Å². The van der Waals surface area contributed by atoms with Crippen molar-refractivity contribution < 1.29 is 14.7 Å². The fourth-order valence-corrected chi connectivity index (χ4v) is 1.64. The number of carboxylic acid groups (broad SMARTS) is 1. The number of halogens is 2. The molecule has 0 atom stereocenters. The Kier molecular flexibility index (Phi) is 3.49. The molecule has 0 aromatic heterocycles. The summed E-state index contributed by atoms with van der Waals surface area (Å²) in [5.74, 6) is -1.04. The molecular weight excluding hydrogens is 227 g/mol. The van der Waals surface area contributed by atoms with Gasteiger partial charge in [-0.2, -0.15) is 0 Å². The highest BCUT2D eigenvalue weighted by atomic mass is 35.5. The van der Waals surface area contributed by atoms with Gasteiger partial charge in [0.15, 0.2) is 0 Å². The van der Waals surface area contributed by atoms with Crippen LogP contribution in [0.25, 0.3) is 0 Å². The van der Waals surface area contributed by atoms with Crippen molar-refractivity contribution in [2.45, 2.75) is 6.42 Å². The standard InChI is InChI=1S/C9H6Cl2O3/c10-6-1-5(4-12)7(3-9(13)14)8(11)2-6/h1-2,4H,3H2,(H,13,14). The first-order valence-electron chi connectivity index (χ1n) is 3.69. The number of aliphatic carboxylic acids is 1. The van der Waals surface area contributed by atoms with Crippen LogP contribution in [0.1, 0.15) is 15.9 Å². The van der Waals surface area contributed by atoms with Crippen molar-refractivity contribution in [2.75, 3.05) is 0 Å². The van der Waals surface area contributed by atoms with E-state index < -0.39 is 5.97 Å². The molecule has 0 amide bonds. The van der Waals surface area contributed by atoms with Gasteiger partial charge in [0.1, 0.15) is 6.29 Å². The van der Waals surface area contributed by atoms with Gasteiger partial charge in [-0.25, -0.2) is 0 Å². The number of benzene rings is 1. The van der Waals surface area contributed by atoms with E-state index in [0.717, 1.165) is 0 Å². The van der Waals surface area contributed by atoms with Gasteiger partial charge in [-0.05, 0) is 17.7 Å². The fourth-order valence-electron chi connectivity index (χ4n) is 1.07. The van der Waals surface area contributed by atoms with E-state index in [9.17, 15) is 9.59 Å². The summed E-state index contributed by atoms with van der Waals surface area (Å²) in [5, 5.41) is 9.08. The van der Waals surface area contributed by atoms with Gasteiger partial charge < -0.3 is 5.11 Å². The molecule has 0 aliphatic rings. The van der Waals surface area contributed by atoms with E-state index in [4.69, 9.17) is 28.3 Å². The van der Waals surface area contributed by atoms with Gasteiger partial charge in [-0.1, -0.05) is 23.2 Å². The molecule has 0 bridgehead atoms. The summed E-state index contributed by atoms with van der Waals surface area (Å²) in [4.78, 5) is 21.1. The quantitative estimate of drug-likeness (QED) is 0.815. The molecule has 0 fully saturated rings. The highest BCUT2D eigenvalue weighted by Gasteiger charge is 2.11. The number of carboxylic acids is 1. The minimum Gasteiger partial charge on any atom is -0.481 e. The summed E-state index contributed by atoms with van der Waals surface area (Å²) in [7, 11) is 0. The summed E-state index contributed by atoms with van der Waals surface area (Å²) >= 11 is 11.4. The average Bonchev–Trinajstić information content (AvgIpc) is 2.08. The lowest BCUT2D eigenvalue weighted by molar-refractivity contribution is -0.136. The predicted octanol–water partition coefficient (Wildman–Crippen LogP) is 2.43. The number of aldehydes is 1. The Morgan fingerprint density at radius 3 is 2.57 bits per heavy atom. The summed E-state index contributed by atoms with van der Waals surface area (Å²) in [5.41, 5.74) is 0.503. The average molecular weight is 233 g/mol. The summed E-state index contributed by atoms with van der Waals surface area (Å²) in [6.07, 6.45) is 0.250. The molecule has 0 spiro atoms. The Morgan fingerprint density at radius 1 is 1.43 bits per heavy atom. The van der Waals surface area contributed by atoms with Crippen LogP contribution < -0.4 is 0 Å². The maximum atomic E-state index is 10.6. The lowest BCUT2D eigenvalue weighted by atomic mass is 10.1. The molecule has 0 unspecified atom stereocenters. The fraction of sp³-hybridized carbons (Fsp3) is 0.111. The minimum absolute atomic E-state index is 0.196. The van der Waals surface area contributed by atoms with E-state index >= 15 is 0 Å². The number of rotatable bonds is 3. The smallest absolute Gasteiger partial charge is 0.307 e. The van der Waals surface area contributed by atoms with Crippen molar-refractivity contribution in [3.8, 4) is 0 Å². The molecule has 1 aromatic carbocycles. The Bertz CT molecular complexity index is 388. The molecule has 5 heteroatoms. The Labute approximate surface area is 90.3 Å². The van der Waals surface area contributed by atoms with Gasteiger partial charge in [0.05, 0.1) is 6.42 Å². The van der Waals surface area contributed by atoms with Gasteiger partial charge >= 0.3 is 5.97 Å². The normalized spacial score (nSPS) is 9.86. The molecule has 0 saturated carbocycles. The van der Waals surface area contributed by atoms with Crippen molar-refractivity contribution in [2.24, 2.45) is 0 Å². The first kappa shape index (κ1) is 11.0. The second-order valence-electron chi connectivity index (χ2n) is 2.64.